The number of hydrogen-bond donors (Lipinski definition) is 2. The van der Waals surface area contributed by atoms with Crippen molar-refractivity contribution in [3.63, 3.8) is 0 Å². The second-order valence-electron chi connectivity index (χ2n) is 4.20. The molecule has 2 aromatic carbocycles. The number of nitrogens with zero attached hydrogens (tertiary/aromatic N) is 2. The quantitative estimate of drug-likeness (QED) is 0.384. The number of nitrogen functional groups attached to an aromatic ring is 1. The molecule has 0 atom stereocenters. The summed E-state index contributed by atoms with van der Waals surface area (Å²) in [6, 6.07) is 10.2. The number of nitrogens with two attached hydrogens (primary N) is 1. The smallest absolute Gasteiger partial charge is 0.269 e. The third-order valence-electron chi connectivity index (χ3n) is 2.63. The Morgan fingerprint density at radius 3 is 1.91 bits per heavy atom. The maximum Gasteiger partial charge on any atom is 0.269 e. The first-order chi connectivity index (χ1) is 10.3. The number of nitrogens with one attached hydrogen (secondary N) is 1. The molecule has 22 heavy (non-hydrogen) atoms. The minimum Gasteiger partial charge on any atom is -0.399 e. The van der Waals surface area contributed by atoms with Gasteiger partial charge in [-0.3, -0.25) is 25.1 Å². The first-order valence-electron chi connectivity index (χ1n) is 5.96. The Morgan fingerprint density at radius 2 is 1.50 bits per heavy atom. The van der Waals surface area contributed by atoms with Gasteiger partial charge in [-0.15, -0.1) is 0 Å². The fourth-order valence-electron chi connectivity index (χ4n) is 1.46. The van der Waals surface area contributed by atoms with Crippen molar-refractivity contribution < 1.29 is 9.85 Å². The summed E-state index contributed by atoms with van der Waals surface area (Å²) in [5, 5.41) is 20.4. The lowest BCUT2D eigenvalue weighted by molar-refractivity contribution is -0.385. The summed E-state index contributed by atoms with van der Waals surface area (Å²) in [5.74, 6) is 0. The highest BCUT2D eigenvalue weighted by Gasteiger charge is 2.06. The Bertz CT molecular complexity index is 676. The molecule has 0 aliphatic heterocycles. The molecule has 0 bridgehead atoms. The fourth-order valence-corrected chi connectivity index (χ4v) is 1.68. The van der Waals surface area contributed by atoms with Gasteiger partial charge in [0.2, 0.25) is 0 Å². The van der Waals surface area contributed by atoms with Gasteiger partial charge in [-0.05, 0) is 30.7 Å². The maximum atomic E-state index is 10.3. The third kappa shape index (κ3) is 4.91. The van der Waals surface area contributed by atoms with E-state index >= 15 is 0 Å². The van der Waals surface area contributed by atoms with Crippen molar-refractivity contribution in [2.24, 2.45) is 0 Å². The highest BCUT2D eigenvalue weighted by Crippen LogP contribution is 2.21. The topological polar surface area (TPSA) is 124 Å². The van der Waals surface area contributed by atoms with E-state index in [1.54, 1.807) is 13.0 Å². The Kier molecular flexibility index (Phi) is 6.09. The van der Waals surface area contributed by atoms with Gasteiger partial charge in [-0.25, -0.2) is 0 Å². The molecule has 8 nitrogen and oxygen atoms in total. The summed E-state index contributed by atoms with van der Waals surface area (Å²) < 4.78 is 0. The number of rotatable bonds is 3. The molecule has 2 aromatic rings. The molecule has 9 heteroatoms. The zero-order valence-electron chi connectivity index (χ0n) is 11.5. The summed E-state index contributed by atoms with van der Waals surface area (Å²) in [5.41, 5.74) is 7.41. The van der Waals surface area contributed by atoms with Crippen LogP contribution in [0.5, 0.6) is 0 Å². The Labute approximate surface area is 130 Å². The van der Waals surface area contributed by atoms with Gasteiger partial charge in [0.15, 0.2) is 0 Å². The second-order valence-corrected chi connectivity index (χ2v) is 4.39. The lowest BCUT2D eigenvalue weighted by atomic mass is 10.2. The number of aryl methyl sites for hydroxylation is 1. The number of anilines is 2. The van der Waals surface area contributed by atoms with Crippen molar-refractivity contribution in [2.75, 3.05) is 10.6 Å². The summed E-state index contributed by atoms with van der Waals surface area (Å²) in [4.78, 5) is 21.9. The van der Waals surface area contributed by atoms with E-state index in [2.05, 4.69) is 4.84 Å². The highest BCUT2D eigenvalue weighted by molar-refractivity contribution is 6.24. The van der Waals surface area contributed by atoms with Gasteiger partial charge in [-0.2, -0.15) is 0 Å². The first kappa shape index (κ1) is 17.2. The maximum absolute atomic E-state index is 10.3. The lowest BCUT2D eigenvalue weighted by Crippen LogP contribution is -1.90. The van der Waals surface area contributed by atoms with E-state index in [9.17, 15) is 20.2 Å². The van der Waals surface area contributed by atoms with Crippen LogP contribution in [0, 0.1) is 27.2 Å². The van der Waals surface area contributed by atoms with Crippen LogP contribution >= 0.6 is 11.8 Å². The van der Waals surface area contributed by atoms with Crippen molar-refractivity contribution in [3.8, 4) is 0 Å². The molecular weight excluding hydrogens is 312 g/mol. The molecule has 2 rings (SSSR count). The largest absolute Gasteiger partial charge is 0.399 e. The molecule has 0 aliphatic rings. The summed E-state index contributed by atoms with van der Waals surface area (Å²) in [7, 11) is 0. The molecule has 0 fully saturated rings. The average Bonchev–Trinajstić information content (AvgIpc) is 2.48. The molecule has 0 amide bonds. The molecule has 0 heterocycles. The van der Waals surface area contributed by atoms with E-state index < -0.39 is 9.85 Å². The molecule has 0 unspecified atom stereocenters. The standard InChI is InChI=1S/C7H7ClN2O2.C6H6N2O2/c1-5-4-6(10(11)12)2-3-7(5)9-8;7-5-1-3-6(4-2-5)8(9)10/h2-4,9H,1H3;1-4H,7H2. The molecule has 0 spiro atoms. The van der Waals surface area contributed by atoms with Crippen molar-refractivity contribution in [1.29, 1.82) is 0 Å². The lowest BCUT2D eigenvalue weighted by Gasteiger charge is -2.01. The minimum atomic E-state index is -0.459. The van der Waals surface area contributed by atoms with E-state index in [1.807, 2.05) is 0 Å². The SMILES string of the molecule is Cc1cc([N+](=O)[O-])ccc1NCl.Nc1ccc([N+](=O)[O-])cc1. The van der Waals surface area contributed by atoms with E-state index in [0.29, 0.717) is 11.4 Å². The summed E-state index contributed by atoms with van der Waals surface area (Å²) in [6.07, 6.45) is 0. The van der Waals surface area contributed by atoms with E-state index in [0.717, 1.165) is 5.56 Å². The molecule has 0 aliphatic carbocycles. The zero-order valence-corrected chi connectivity index (χ0v) is 12.3. The Morgan fingerprint density at radius 1 is 1.00 bits per heavy atom. The number of non-ortho nitro benzene ring substituents is 2. The van der Waals surface area contributed by atoms with Crippen molar-refractivity contribution >= 4 is 34.5 Å². The Balaban J connectivity index is 0.000000224. The Hall–Kier alpha value is -2.87. The van der Waals surface area contributed by atoms with Gasteiger partial charge in [0, 0.05) is 41.7 Å². The van der Waals surface area contributed by atoms with Crippen LogP contribution in [0.4, 0.5) is 22.7 Å². The third-order valence-corrected chi connectivity index (χ3v) is 2.83. The van der Waals surface area contributed by atoms with Crippen LogP contribution in [-0.4, -0.2) is 9.85 Å². The molecule has 0 saturated carbocycles. The van der Waals surface area contributed by atoms with Gasteiger partial charge < -0.3 is 5.73 Å². The van der Waals surface area contributed by atoms with Crippen LogP contribution in [0.2, 0.25) is 0 Å². The monoisotopic (exact) mass is 324 g/mol. The van der Waals surface area contributed by atoms with E-state index in [-0.39, 0.29) is 11.4 Å². The predicted octanol–water partition coefficient (Wildman–Crippen LogP) is 3.65. The van der Waals surface area contributed by atoms with Crippen LogP contribution in [0.25, 0.3) is 0 Å². The van der Waals surface area contributed by atoms with Crippen LogP contribution in [0.15, 0.2) is 42.5 Å². The van der Waals surface area contributed by atoms with Crippen molar-refractivity contribution in [2.45, 2.75) is 6.92 Å². The summed E-state index contributed by atoms with van der Waals surface area (Å²) >= 11 is 5.34. The van der Waals surface area contributed by atoms with E-state index in [1.165, 1.54) is 36.4 Å². The minimum absolute atomic E-state index is 0.0641. The van der Waals surface area contributed by atoms with Crippen molar-refractivity contribution in [1.82, 2.24) is 0 Å². The van der Waals surface area contributed by atoms with Gasteiger partial charge in [0.05, 0.1) is 15.5 Å². The van der Waals surface area contributed by atoms with E-state index in [4.69, 9.17) is 17.5 Å². The summed E-state index contributed by atoms with van der Waals surface area (Å²) in [6.45, 7) is 1.75. The van der Waals surface area contributed by atoms with Crippen LogP contribution in [-0.2, 0) is 0 Å². The fraction of sp³-hybridized carbons (Fsp3) is 0.0769. The molecule has 0 aromatic heterocycles. The molecule has 0 saturated heterocycles. The predicted molar refractivity (Wildman–Crippen MR) is 84.8 cm³/mol. The van der Waals surface area contributed by atoms with Gasteiger partial charge in [-0.1, -0.05) is 0 Å². The van der Waals surface area contributed by atoms with Crippen LogP contribution < -0.4 is 10.6 Å². The highest BCUT2D eigenvalue weighted by atomic mass is 35.5. The van der Waals surface area contributed by atoms with Crippen molar-refractivity contribution in [3.05, 3.63) is 68.3 Å². The number of nitro groups is 2. The van der Waals surface area contributed by atoms with Gasteiger partial charge in [0.25, 0.3) is 11.4 Å². The van der Waals surface area contributed by atoms with Crippen LogP contribution in [0.3, 0.4) is 0 Å². The average molecular weight is 325 g/mol. The zero-order chi connectivity index (χ0) is 16.7. The number of halogens is 1. The molecule has 3 N–H and O–H groups in total. The molecule has 0 radical (unpaired) electrons. The second kappa shape index (κ2) is 7.79. The molecular formula is C13H13ClN4O4. The first-order valence-corrected chi connectivity index (χ1v) is 6.34. The normalized spacial score (nSPS) is 9.36. The number of nitro benzene ring substituents is 2. The molecule has 116 valence electrons. The van der Waals surface area contributed by atoms with Crippen LogP contribution in [0.1, 0.15) is 5.56 Å². The number of hydrogen-bond acceptors (Lipinski definition) is 6. The van der Waals surface area contributed by atoms with Gasteiger partial charge >= 0.3 is 0 Å². The van der Waals surface area contributed by atoms with Gasteiger partial charge in [0.1, 0.15) is 0 Å². The number of benzene rings is 2.